The van der Waals surface area contributed by atoms with E-state index in [2.05, 4.69) is 43.1 Å². The minimum absolute atomic E-state index is 0.295. The molecule has 1 unspecified atom stereocenters. The highest BCUT2D eigenvalue weighted by Crippen LogP contribution is 2.37. The molecule has 0 N–H and O–H groups in total. The summed E-state index contributed by atoms with van der Waals surface area (Å²) < 4.78 is 0. The third-order valence-corrected chi connectivity index (χ3v) is 4.42. The minimum atomic E-state index is 0.295. The zero-order chi connectivity index (χ0) is 14.3. The van der Waals surface area contributed by atoms with Gasteiger partial charge in [-0.15, -0.1) is 0 Å². The Bertz CT molecular complexity index is 626. The van der Waals surface area contributed by atoms with Gasteiger partial charge in [0.15, 0.2) is 0 Å². The molecule has 1 atom stereocenters. The van der Waals surface area contributed by atoms with Crippen LogP contribution in [0.3, 0.4) is 0 Å². The maximum atomic E-state index is 6.38. The number of fused-ring (bicyclic) bond motifs is 1. The van der Waals surface area contributed by atoms with Gasteiger partial charge in [0.25, 0.3) is 0 Å². The van der Waals surface area contributed by atoms with Gasteiger partial charge in [0.1, 0.15) is 11.0 Å². The molecule has 0 amide bonds. The van der Waals surface area contributed by atoms with E-state index in [0.29, 0.717) is 17.0 Å². The summed E-state index contributed by atoms with van der Waals surface area (Å²) in [5.74, 6) is 1.53. The Morgan fingerprint density at radius 2 is 1.95 bits per heavy atom. The summed E-state index contributed by atoms with van der Waals surface area (Å²) >= 11 is 6.38. The van der Waals surface area contributed by atoms with Gasteiger partial charge in [-0.25, -0.2) is 9.97 Å². The Kier molecular flexibility index (Phi) is 3.51. The third-order valence-electron chi connectivity index (χ3n) is 4.13. The number of benzene rings is 1. The Morgan fingerprint density at radius 1 is 1.20 bits per heavy atom. The van der Waals surface area contributed by atoms with Crippen molar-refractivity contribution in [3.05, 3.63) is 57.6 Å². The van der Waals surface area contributed by atoms with Crippen LogP contribution >= 0.6 is 11.6 Å². The number of aryl methyl sites for hydroxylation is 2. The first-order valence-corrected chi connectivity index (χ1v) is 7.57. The lowest BCUT2D eigenvalue weighted by Crippen LogP contribution is -2.08. The van der Waals surface area contributed by atoms with Gasteiger partial charge in [-0.2, -0.15) is 0 Å². The van der Waals surface area contributed by atoms with Crippen LogP contribution in [0.2, 0.25) is 5.15 Å². The SMILES string of the molecule is Cc1nc(C2CCc3ccccc32)nc(Cl)c1C(C)C. The molecule has 0 aliphatic heterocycles. The zero-order valence-corrected chi connectivity index (χ0v) is 12.9. The van der Waals surface area contributed by atoms with Gasteiger partial charge >= 0.3 is 0 Å². The topological polar surface area (TPSA) is 25.8 Å². The van der Waals surface area contributed by atoms with Crippen LogP contribution in [0.4, 0.5) is 0 Å². The van der Waals surface area contributed by atoms with Crippen LogP contribution in [-0.4, -0.2) is 9.97 Å². The molecule has 0 bridgehead atoms. The molecule has 104 valence electrons. The van der Waals surface area contributed by atoms with E-state index in [1.807, 2.05) is 6.92 Å². The molecule has 1 aromatic heterocycles. The number of nitrogens with zero attached hydrogens (tertiary/aromatic N) is 2. The van der Waals surface area contributed by atoms with Crippen molar-refractivity contribution in [2.45, 2.75) is 45.4 Å². The van der Waals surface area contributed by atoms with Crippen molar-refractivity contribution in [2.75, 3.05) is 0 Å². The summed E-state index contributed by atoms with van der Waals surface area (Å²) in [5, 5.41) is 0.617. The molecule has 0 fully saturated rings. The van der Waals surface area contributed by atoms with Crippen LogP contribution < -0.4 is 0 Å². The first-order chi connectivity index (χ1) is 9.58. The second-order valence-electron chi connectivity index (χ2n) is 5.82. The molecule has 2 nitrogen and oxygen atoms in total. The molecule has 3 heteroatoms. The Balaban J connectivity index is 2.05. The summed E-state index contributed by atoms with van der Waals surface area (Å²) in [6.45, 7) is 6.29. The number of hydrogen-bond acceptors (Lipinski definition) is 2. The molecule has 0 radical (unpaired) electrons. The largest absolute Gasteiger partial charge is 0.237 e. The summed E-state index contributed by atoms with van der Waals surface area (Å²) in [6.07, 6.45) is 2.18. The van der Waals surface area contributed by atoms with Gasteiger partial charge in [0, 0.05) is 17.2 Å². The van der Waals surface area contributed by atoms with Crippen molar-refractivity contribution in [1.29, 1.82) is 0 Å². The second kappa shape index (κ2) is 5.17. The van der Waals surface area contributed by atoms with Gasteiger partial charge in [-0.1, -0.05) is 49.7 Å². The fourth-order valence-corrected chi connectivity index (χ4v) is 3.65. The van der Waals surface area contributed by atoms with Gasteiger partial charge in [0.05, 0.1) is 0 Å². The molecular weight excluding hydrogens is 268 g/mol. The number of rotatable bonds is 2. The van der Waals surface area contributed by atoms with Crippen molar-refractivity contribution in [3.63, 3.8) is 0 Å². The van der Waals surface area contributed by atoms with Crippen LogP contribution in [0.1, 0.15) is 60.3 Å². The predicted molar refractivity (Wildman–Crippen MR) is 82.5 cm³/mol. The number of aromatic nitrogens is 2. The molecular formula is C17H19ClN2. The second-order valence-corrected chi connectivity index (χ2v) is 6.17. The van der Waals surface area contributed by atoms with Crippen LogP contribution in [0.5, 0.6) is 0 Å². The van der Waals surface area contributed by atoms with Crippen LogP contribution in [0.15, 0.2) is 24.3 Å². The molecule has 3 rings (SSSR count). The summed E-state index contributed by atoms with van der Waals surface area (Å²) in [4.78, 5) is 9.33. The summed E-state index contributed by atoms with van der Waals surface area (Å²) in [7, 11) is 0. The van der Waals surface area contributed by atoms with E-state index in [1.165, 1.54) is 11.1 Å². The van der Waals surface area contributed by atoms with E-state index in [9.17, 15) is 0 Å². The fraction of sp³-hybridized carbons (Fsp3) is 0.412. The van der Waals surface area contributed by atoms with E-state index in [4.69, 9.17) is 16.6 Å². The first-order valence-electron chi connectivity index (χ1n) is 7.19. The maximum absolute atomic E-state index is 6.38. The Hall–Kier alpha value is -1.41. The molecule has 1 aromatic carbocycles. The van der Waals surface area contributed by atoms with E-state index < -0.39 is 0 Å². The summed E-state index contributed by atoms with van der Waals surface area (Å²) in [5.41, 5.74) is 4.86. The molecule has 20 heavy (non-hydrogen) atoms. The van der Waals surface area contributed by atoms with E-state index >= 15 is 0 Å². The fourth-order valence-electron chi connectivity index (χ4n) is 3.20. The van der Waals surface area contributed by atoms with Crippen molar-refractivity contribution < 1.29 is 0 Å². The highest BCUT2D eigenvalue weighted by atomic mass is 35.5. The first kappa shape index (κ1) is 13.6. The van der Waals surface area contributed by atoms with Crippen molar-refractivity contribution in [3.8, 4) is 0 Å². The quantitative estimate of drug-likeness (QED) is 0.752. The molecule has 0 saturated heterocycles. The molecule has 1 heterocycles. The van der Waals surface area contributed by atoms with Gasteiger partial charge < -0.3 is 0 Å². The Labute approximate surface area is 125 Å². The molecule has 0 spiro atoms. The lowest BCUT2D eigenvalue weighted by atomic mass is 9.99. The normalized spacial score (nSPS) is 17.6. The molecule has 0 saturated carbocycles. The average Bonchev–Trinajstić information content (AvgIpc) is 2.81. The monoisotopic (exact) mass is 286 g/mol. The molecule has 1 aliphatic carbocycles. The van der Waals surface area contributed by atoms with Crippen LogP contribution in [0.25, 0.3) is 0 Å². The highest BCUT2D eigenvalue weighted by molar-refractivity contribution is 6.30. The summed E-state index contributed by atoms with van der Waals surface area (Å²) in [6, 6.07) is 8.58. The van der Waals surface area contributed by atoms with Gasteiger partial charge in [-0.05, 0) is 36.8 Å². The number of hydrogen-bond donors (Lipinski definition) is 0. The standard InChI is InChI=1S/C17H19ClN2/c1-10(2)15-11(3)19-17(20-16(15)18)14-9-8-12-6-4-5-7-13(12)14/h4-7,10,14H,8-9H2,1-3H3. The molecule has 2 aromatic rings. The van der Waals surface area contributed by atoms with Crippen molar-refractivity contribution in [1.82, 2.24) is 9.97 Å². The van der Waals surface area contributed by atoms with E-state index in [1.54, 1.807) is 0 Å². The molecule has 1 aliphatic rings. The van der Waals surface area contributed by atoms with E-state index in [0.717, 1.165) is 29.9 Å². The van der Waals surface area contributed by atoms with Crippen molar-refractivity contribution >= 4 is 11.6 Å². The lowest BCUT2D eigenvalue weighted by molar-refractivity contribution is 0.711. The average molecular weight is 287 g/mol. The predicted octanol–water partition coefficient (Wildman–Crippen LogP) is 4.64. The van der Waals surface area contributed by atoms with E-state index in [-0.39, 0.29) is 0 Å². The third kappa shape index (κ3) is 2.22. The van der Waals surface area contributed by atoms with Gasteiger partial charge in [-0.3, -0.25) is 0 Å². The van der Waals surface area contributed by atoms with Crippen molar-refractivity contribution in [2.24, 2.45) is 0 Å². The zero-order valence-electron chi connectivity index (χ0n) is 12.2. The van der Waals surface area contributed by atoms with Crippen LogP contribution in [-0.2, 0) is 6.42 Å². The highest BCUT2D eigenvalue weighted by Gasteiger charge is 2.27. The maximum Gasteiger partial charge on any atom is 0.137 e. The Morgan fingerprint density at radius 3 is 2.65 bits per heavy atom. The smallest absolute Gasteiger partial charge is 0.137 e. The van der Waals surface area contributed by atoms with Crippen LogP contribution in [0, 0.1) is 6.92 Å². The minimum Gasteiger partial charge on any atom is -0.237 e. The van der Waals surface area contributed by atoms with Gasteiger partial charge in [0.2, 0.25) is 0 Å². The lowest BCUT2D eigenvalue weighted by Gasteiger charge is -2.16. The number of halogens is 1.